The Bertz CT molecular complexity index is 606. The largest absolute Gasteiger partial charge is 0.347 e. The van der Waals surface area contributed by atoms with Crippen molar-refractivity contribution in [1.82, 2.24) is 15.3 Å². The fourth-order valence-electron chi connectivity index (χ4n) is 1.47. The fraction of sp³-hybridized carbons (Fsp3) is 0.0714. The van der Waals surface area contributed by atoms with Crippen LogP contribution in [0.4, 0.5) is 0 Å². The number of nitrogens with zero attached hydrogens (tertiary/aromatic N) is 2. The van der Waals surface area contributed by atoms with Crippen molar-refractivity contribution in [3.8, 4) is 6.07 Å². The van der Waals surface area contributed by atoms with Gasteiger partial charge in [0.15, 0.2) is 0 Å². The van der Waals surface area contributed by atoms with Crippen LogP contribution >= 0.6 is 0 Å². The number of hydrogen-bond donors (Lipinski definition) is 2. The van der Waals surface area contributed by atoms with Crippen molar-refractivity contribution in [3.63, 3.8) is 0 Å². The van der Waals surface area contributed by atoms with Crippen LogP contribution in [0, 0.1) is 11.3 Å². The second-order valence-corrected chi connectivity index (χ2v) is 3.82. The molecule has 0 spiro atoms. The lowest BCUT2D eigenvalue weighted by Gasteiger charge is -1.98. The maximum Gasteiger partial charge on any atom is 0.244 e. The van der Waals surface area contributed by atoms with Gasteiger partial charge in [0.25, 0.3) is 0 Å². The third-order valence-electron chi connectivity index (χ3n) is 2.45. The molecule has 94 valence electrons. The van der Waals surface area contributed by atoms with Crippen LogP contribution in [0.5, 0.6) is 0 Å². The molecule has 0 unspecified atom stereocenters. The van der Waals surface area contributed by atoms with Crippen molar-refractivity contribution in [1.29, 1.82) is 5.26 Å². The van der Waals surface area contributed by atoms with Gasteiger partial charge in [-0.25, -0.2) is 4.98 Å². The Morgan fingerprint density at radius 3 is 2.84 bits per heavy atom. The highest BCUT2D eigenvalue weighted by molar-refractivity contribution is 5.91. The van der Waals surface area contributed by atoms with Crippen molar-refractivity contribution < 1.29 is 4.79 Å². The molecule has 0 fully saturated rings. The number of aromatic nitrogens is 2. The molecule has 2 N–H and O–H groups in total. The van der Waals surface area contributed by atoms with Crippen LogP contribution in [0.3, 0.4) is 0 Å². The number of aromatic amines is 1. The second kappa shape index (κ2) is 6.17. The third-order valence-corrected chi connectivity index (χ3v) is 2.45. The number of nitrogens with one attached hydrogen (secondary N) is 2. The molecule has 0 saturated carbocycles. The van der Waals surface area contributed by atoms with Gasteiger partial charge in [-0.2, -0.15) is 5.26 Å². The summed E-state index contributed by atoms with van der Waals surface area (Å²) >= 11 is 0. The Balaban J connectivity index is 1.87. The molecule has 0 bridgehead atoms. The topological polar surface area (TPSA) is 81.6 Å². The summed E-state index contributed by atoms with van der Waals surface area (Å²) in [5.41, 5.74) is 1.46. The van der Waals surface area contributed by atoms with Crippen molar-refractivity contribution in [2.75, 3.05) is 0 Å². The zero-order chi connectivity index (χ0) is 13.5. The van der Waals surface area contributed by atoms with E-state index in [1.807, 2.05) is 6.07 Å². The Kier molecular flexibility index (Phi) is 4.09. The van der Waals surface area contributed by atoms with Gasteiger partial charge in [0.1, 0.15) is 5.82 Å². The van der Waals surface area contributed by atoms with Crippen LogP contribution in [0.2, 0.25) is 0 Å². The molecule has 1 heterocycles. The highest BCUT2D eigenvalue weighted by Gasteiger charge is 1.98. The molecule has 2 aromatic rings. The molecule has 0 atom stereocenters. The van der Waals surface area contributed by atoms with Crippen molar-refractivity contribution in [2.24, 2.45) is 0 Å². The van der Waals surface area contributed by atoms with Gasteiger partial charge in [-0.15, -0.1) is 0 Å². The summed E-state index contributed by atoms with van der Waals surface area (Å²) in [6.07, 6.45) is 6.48. The predicted molar refractivity (Wildman–Crippen MR) is 70.6 cm³/mol. The van der Waals surface area contributed by atoms with Gasteiger partial charge in [-0.3, -0.25) is 4.79 Å². The molecule has 5 heteroatoms. The van der Waals surface area contributed by atoms with Gasteiger partial charge in [0, 0.05) is 18.5 Å². The lowest BCUT2D eigenvalue weighted by molar-refractivity contribution is -0.116. The van der Waals surface area contributed by atoms with E-state index in [2.05, 4.69) is 15.3 Å². The second-order valence-electron chi connectivity index (χ2n) is 3.82. The molecule has 0 aliphatic carbocycles. The molecule has 1 aromatic carbocycles. The number of nitriles is 1. The first-order valence-corrected chi connectivity index (χ1v) is 5.72. The molecule has 0 aliphatic rings. The number of amides is 1. The Hall–Kier alpha value is -2.87. The monoisotopic (exact) mass is 252 g/mol. The number of rotatable bonds is 4. The van der Waals surface area contributed by atoms with E-state index in [0.29, 0.717) is 17.9 Å². The van der Waals surface area contributed by atoms with E-state index >= 15 is 0 Å². The van der Waals surface area contributed by atoms with Crippen LogP contribution < -0.4 is 5.32 Å². The summed E-state index contributed by atoms with van der Waals surface area (Å²) < 4.78 is 0. The first-order valence-electron chi connectivity index (χ1n) is 5.72. The molecule has 5 nitrogen and oxygen atoms in total. The molecule has 2 rings (SSSR count). The minimum atomic E-state index is -0.194. The molecular formula is C14H12N4O. The summed E-state index contributed by atoms with van der Waals surface area (Å²) in [4.78, 5) is 18.4. The van der Waals surface area contributed by atoms with Crippen molar-refractivity contribution in [2.45, 2.75) is 6.54 Å². The Labute approximate surface area is 110 Å². The van der Waals surface area contributed by atoms with Crippen LogP contribution in [0.15, 0.2) is 42.7 Å². The first-order chi connectivity index (χ1) is 9.28. The van der Waals surface area contributed by atoms with Gasteiger partial charge in [-0.1, -0.05) is 12.1 Å². The first kappa shape index (κ1) is 12.6. The predicted octanol–water partition coefficient (Wildman–Crippen LogP) is 1.61. The fourth-order valence-corrected chi connectivity index (χ4v) is 1.47. The molecule has 19 heavy (non-hydrogen) atoms. The minimum absolute atomic E-state index is 0.194. The summed E-state index contributed by atoms with van der Waals surface area (Å²) in [7, 11) is 0. The van der Waals surface area contributed by atoms with Crippen LogP contribution in [0.25, 0.3) is 6.08 Å². The average molecular weight is 252 g/mol. The average Bonchev–Trinajstić information content (AvgIpc) is 2.96. The number of imidazole rings is 1. The zero-order valence-electron chi connectivity index (χ0n) is 10.1. The number of benzene rings is 1. The van der Waals surface area contributed by atoms with Gasteiger partial charge in [0.05, 0.1) is 18.2 Å². The van der Waals surface area contributed by atoms with Gasteiger partial charge < -0.3 is 10.3 Å². The van der Waals surface area contributed by atoms with Crippen LogP contribution in [-0.2, 0) is 11.3 Å². The lowest BCUT2D eigenvalue weighted by Crippen LogP contribution is -2.20. The molecule has 0 saturated heterocycles. The molecular weight excluding hydrogens is 240 g/mol. The van der Waals surface area contributed by atoms with Gasteiger partial charge in [0.2, 0.25) is 5.91 Å². The number of carbonyl (C=O) groups is 1. The highest BCUT2D eigenvalue weighted by atomic mass is 16.1. The standard InChI is InChI=1S/C14H12N4O/c15-9-12-3-1-11(2-4-12)5-6-14(19)18-10-13-16-7-8-17-13/h1-8H,10H2,(H,16,17)(H,18,19). The SMILES string of the molecule is N#Cc1ccc(C=CC(=O)NCc2ncc[nH]2)cc1. The van der Waals surface area contributed by atoms with E-state index in [-0.39, 0.29) is 5.91 Å². The summed E-state index contributed by atoms with van der Waals surface area (Å²) in [6, 6.07) is 9.03. The van der Waals surface area contributed by atoms with E-state index in [1.165, 1.54) is 6.08 Å². The van der Waals surface area contributed by atoms with E-state index in [0.717, 1.165) is 5.56 Å². The third kappa shape index (κ3) is 3.82. The summed E-state index contributed by atoms with van der Waals surface area (Å²) in [5.74, 6) is 0.515. The normalized spacial score (nSPS) is 10.3. The van der Waals surface area contributed by atoms with Crippen molar-refractivity contribution in [3.05, 3.63) is 59.7 Å². The quantitative estimate of drug-likeness (QED) is 0.811. The van der Waals surface area contributed by atoms with Gasteiger partial charge >= 0.3 is 0 Å². The maximum atomic E-state index is 11.5. The van der Waals surface area contributed by atoms with Crippen molar-refractivity contribution >= 4 is 12.0 Å². The van der Waals surface area contributed by atoms with E-state index in [9.17, 15) is 4.79 Å². The number of carbonyl (C=O) groups excluding carboxylic acids is 1. The number of hydrogen-bond acceptors (Lipinski definition) is 3. The number of H-pyrrole nitrogens is 1. The Morgan fingerprint density at radius 2 is 2.21 bits per heavy atom. The zero-order valence-corrected chi connectivity index (χ0v) is 10.1. The summed E-state index contributed by atoms with van der Waals surface area (Å²) in [5, 5.41) is 11.4. The van der Waals surface area contributed by atoms with E-state index in [1.54, 1.807) is 42.7 Å². The molecule has 1 aromatic heterocycles. The smallest absolute Gasteiger partial charge is 0.244 e. The van der Waals surface area contributed by atoms with E-state index in [4.69, 9.17) is 5.26 Å². The molecule has 0 aliphatic heterocycles. The molecule has 0 radical (unpaired) electrons. The van der Waals surface area contributed by atoms with Gasteiger partial charge in [-0.05, 0) is 23.8 Å². The van der Waals surface area contributed by atoms with Crippen LogP contribution in [-0.4, -0.2) is 15.9 Å². The maximum absolute atomic E-state index is 11.5. The molecule has 1 amide bonds. The Morgan fingerprint density at radius 1 is 1.42 bits per heavy atom. The van der Waals surface area contributed by atoms with Crippen LogP contribution in [0.1, 0.15) is 17.0 Å². The summed E-state index contributed by atoms with van der Waals surface area (Å²) in [6.45, 7) is 0.365. The van der Waals surface area contributed by atoms with E-state index < -0.39 is 0 Å². The minimum Gasteiger partial charge on any atom is -0.347 e. The highest BCUT2D eigenvalue weighted by Crippen LogP contribution is 2.04. The lowest BCUT2D eigenvalue weighted by atomic mass is 10.1.